The fourth-order valence-electron chi connectivity index (χ4n) is 3.61. The highest BCUT2D eigenvalue weighted by Crippen LogP contribution is 2.38. The van der Waals surface area contributed by atoms with Gasteiger partial charge in [-0.05, 0) is 31.6 Å². The second-order valence-electron chi connectivity index (χ2n) is 5.89. The summed E-state index contributed by atoms with van der Waals surface area (Å²) in [7, 11) is 1.64. The second kappa shape index (κ2) is 8.03. The highest BCUT2D eigenvalue weighted by Gasteiger charge is 2.43. The third kappa shape index (κ3) is 4.13. The zero-order valence-electron chi connectivity index (χ0n) is 12.6. The summed E-state index contributed by atoms with van der Waals surface area (Å²) < 4.78 is 4.97. The third-order valence-electron chi connectivity index (χ3n) is 4.60. The second-order valence-corrected chi connectivity index (χ2v) is 6.99. The lowest BCUT2D eigenvalue weighted by molar-refractivity contribution is -0.156. The number of hydrogen-bond acceptors (Lipinski definition) is 4. The Balaban J connectivity index is 2.01. The number of carbonyl (C=O) groups excluding carboxylic acids is 1. The predicted octanol–water partition coefficient (Wildman–Crippen LogP) is 2.00. The van der Waals surface area contributed by atoms with E-state index < -0.39 is 12.0 Å². The van der Waals surface area contributed by atoms with Crippen molar-refractivity contribution in [1.82, 2.24) is 4.90 Å². The number of hydrogen-bond donors (Lipinski definition) is 1. The zero-order valence-corrected chi connectivity index (χ0v) is 13.4. The van der Waals surface area contributed by atoms with Crippen molar-refractivity contribution in [2.45, 2.75) is 50.6 Å². The van der Waals surface area contributed by atoms with E-state index >= 15 is 0 Å². The number of fused-ring (bicyclic) bond motifs is 1. The van der Waals surface area contributed by atoms with E-state index in [4.69, 9.17) is 4.74 Å². The van der Waals surface area contributed by atoms with Crippen LogP contribution in [-0.2, 0) is 14.3 Å². The number of piperidine rings is 1. The number of carbonyl (C=O) groups is 2. The number of methoxy groups -OCH3 is 1. The van der Waals surface area contributed by atoms with E-state index in [1.807, 2.05) is 0 Å². The lowest BCUT2D eigenvalue weighted by Gasteiger charge is -2.47. The maximum atomic E-state index is 12.5. The van der Waals surface area contributed by atoms with Gasteiger partial charge in [0.25, 0.3) is 0 Å². The van der Waals surface area contributed by atoms with Crippen molar-refractivity contribution in [2.75, 3.05) is 25.2 Å². The fraction of sp³-hybridized carbons (Fsp3) is 0.867. The van der Waals surface area contributed by atoms with Crippen LogP contribution in [0.5, 0.6) is 0 Å². The van der Waals surface area contributed by atoms with E-state index in [9.17, 15) is 14.7 Å². The molecule has 1 saturated carbocycles. The molecule has 3 atom stereocenters. The van der Waals surface area contributed by atoms with E-state index in [0.717, 1.165) is 31.4 Å². The van der Waals surface area contributed by atoms with Crippen LogP contribution in [0.1, 0.15) is 38.5 Å². The van der Waals surface area contributed by atoms with Gasteiger partial charge in [0.1, 0.15) is 6.04 Å². The number of amides is 1. The van der Waals surface area contributed by atoms with Gasteiger partial charge in [0.2, 0.25) is 5.91 Å². The Kier molecular flexibility index (Phi) is 6.36. The van der Waals surface area contributed by atoms with E-state index in [1.165, 1.54) is 18.2 Å². The largest absolute Gasteiger partial charge is 0.480 e. The van der Waals surface area contributed by atoms with Crippen LogP contribution in [0, 0.1) is 5.92 Å². The molecule has 0 aromatic heterocycles. The van der Waals surface area contributed by atoms with Gasteiger partial charge >= 0.3 is 5.97 Å². The first kappa shape index (κ1) is 16.6. The molecule has 2 aliphatic rings. The summed E-state index contributed by atoms with van der Waals surface area (Å²) in [5.74, 6) is 0.759. The number of likely N-dealkylation sites (tertiary alicyclic amines) is 1. The van der Waals surface area contributed by atoms with Gasteiger partial charge in [-0.3, -0.25) is 4.79 Å². The molecule has 120 valence electrons. The minimum Gasteiger partial charge on any atom is -0.480 e. The molecule has 0 aromatic carbocycles. The van der Waals surface area contributed by atoms with Crippen LogP contribution in [0.2, 0.25) is 0 Å². The highest BCUT2D eigenvalue weighted by molar-refractivity contribution is 7.99. The monoisotopic (exact) mass is 315 g/mol. The lowest BCUT2D eigenvalue weighted by Crippen LogP contribution is -2.57. The molecule has 0 radical (unpaired) electrons. The van der Waals surface area contributed by atoms with Crippen molar-refractivity contribution in [3.8, 4) is 0 Å². The van der Waals surface area contributed by atoms with Crippen molar-refractivity contribution in [3.05, 3.63) is 0 Å². The minimum atomic E-state index is -0.853. The number of nitrogens with zero attached hydrogens (tertiary/aromatic N) is 1. The van der Waals surface area contributed by atoms with E-state index in [0.29, 0.717) is 24.7 Å². The van der Waals surface area contributed by atoms with Crippen LogP contribution >= 0.6 is 11.8 Å². The molecule has 0 bridgehead atoms. The Morgan fingerprint density at radius 3 is 2.71 bits per heavy atom. The van der Waals surface area contributed by atoms with E-state index in [1.54, 1.807) is 12.0 Å². The molecule has 1 aliphatic carbocycles. The lowest BCUT2D eigenvalue weighted by atomic mass is 9.76. The van der Waals surface area contributed by atoms with Gasteiger partial charge in [-0.2, -0.15) is 0 Å². The first-order valence-electron chi connectivity index (χ1n) is 7.75. The van der Waals surface area contributed by atoms with Gasteiger partial charge < -0.3 is 14.7 Å². The van der Waals surface area contributed by atoms with Crippen LogP contribution in [-0.4, -0.2) is 59.2 Å². The van der Waals surface area contributed by atoms with Gasteiger partial charge in [0, 0.05) is 18.9 Å². The number of thioether (sulfide) groups is 1. The van der Waals surface area contributed by atoms with Crippen molar-refractivity contribution in [3.63, 3.8) is 0 Å². The number of carboxylic acid groups (broad SMARTS) is 1. The maximum absolute atomic E-state index is 12.5. The van der Waals surface area contributed by atoms with Crippen molar-refractivity contribution >= 4 is 23.6 Å². The molecule has 0 spiro atoms. The molecule has 1 amide bonds. The van der Waals surface area contributed by atoms with Crippen molar-refractivity contribution in [1.29, 1.82) is 0 Å². The molecule has 2 fully saturated rings. The van der Waals surface area contributed by atoms with E-state index in [-0.39, 0.29) is 11.9 Å². The summed E-state index contributed by atoms with van der Waals surface area (Å²) in [6.45, 7) is 0.617. The smallest absolute Gasteiger partial charge is 0.326 e. The molecule has 5 nitrogen and oxygen atoms in total. The Morgan fingerprint density at radius 2 is 2.00 bits per heavy atom. The summed E-state index contributed by atoms with van der Waals surface area (Å²) in [5.41, 5.74) is 0. The van der Waals surface area contributed by atoms with E-state index in [2.05, 4.69) is 0 Å². The topological polar surface area (TPSA) is 66.8 Å². The Morgan fingerprint density at radius 1 is 1.24 bits per heavy atom. The average Bonchev–Trinajstić information content (AvgIpc) is 2.50. The summed E-state index contributed by atoms with van der Waals surface area (Å²) in [4.78, 5) is 25.7. The molecular weight excluding hydrogens is 290 g/mol. The molecular formula is C15H25NO4S. The Bertz CT molecular complexity index is 377. The number of rotatable bonds is 6. The molecule has 0 aromatic rings. The fourth-order valence-corrected chi connectivity index (χ4v) is 4.36. The zero-order chi connectivity index (χ0) is 15.2. The molecule has 1 heterocycles. The number of carboxylic acids is 1. The summed E-state index contributed by atoms with van der Waals surface area (Å²) in [5, 5.41) is 9.44. The number of aliphatic carboxylic acids is 1. The van der Waals surface area contributed by atoms with Gasteiger partial charge in [0.15, 0.2) is 0 Å². The van der Waals surface area contributed by atoms with Gasteiger partial charge in [-0.15, -0.1) is 11.8 Å². The first-order valence-corrected chi connectivity index (χ1v) is 8.91. The molecule has 3 unspecified atom stereocenters. The summed E-state index contributed by atoms with van der Waals surface area (Å²) in [6, 6.07) is -0.482. The van der Waals surface area contributed by atoms with Crippen LogP contribution in [0.15, 0.2) is 0 Å². The quantitative estimate of drug-likeness (QED) is 0.759. The van der Waals surface area contributed by atoms with Crippen molar-refractivity contribution in [2.24, 2.45) is 5.92 Å². The molecule has 6 heteroatoms. The normalized spacial score (nSPS) is 29.0. The molecule has 1 aliphatic heterocycles. The van der Waals surface area contributed by atoms with Crippen LogP contribution in [0.3, 0.4) is 0 Å². The van der Waals surface area contributed by atoms with Crippen LogP contribution in [0.25, 0.3) is 0 Å². The Labute approximate surface area is 130 Å². The molecule has 1 saturated heterocycles. The van der Waals surface area contributed by atoms with Crippen molar-refractivity contribution < 1.29 is 19.4 Å². The standard InChI is InChI=1S/C15H25NO4S/c1-20-8-9-21-10-14(17)16-12-5-3-2-4-11(12)6-7-13(16)15(18)19/h11-13H,2-10H2,1H3,(H,18,19). The minimum absolute atomic E-state index is 0.0138. The van der Waals surface area contributed by atoms with Gasteiger partial charge in [-0.1, -0.05) is 12.8 Å². The summed E-state index contributed by atoms with van der Waals surface area (Å²) in [6.07, 6.45) is 5.96. The Hall–Kier alpha value is -0.750. The maximum Gasteiger partial charge on any atom is 0.326 e. The third-order valence-corrected chi connectivity index (χ3v) is 5.51. The predicted molar refractivity (Wildman–Crippen MR) is 82.5 cm³/mol. The van der Waals surface area contributed by atoms with Gasteiger partial charge in [-0.25, -0.2) is 4.79 Å². The van der Waals surface area contributed by atoms with Crippen LogP contribution in [0.4, 0.5) is 0 Å². The average molecular weight is 315 g/mol. The summed E-state index contributed by atoms with van der Waals surface area (Å²) >= 11 is 1.52. The SMILES string of the molecule is COCCSCC(=O)N1C(C(=O)O)CCC2CCCCC21. The number of ether oxygens (including phenoxy) is 1. The van der Waals surface area contributed by atoms with Gasteiger partial charge in [0.05, 0.1) is 12.4 Å². The molecule has 1 N–H and O–H groups in total. The molecule has 21 heavy (non-hydrogen) atoms. The van der Waals surface area contributed by atoms with Crippen LogP contribution < -0.4 is 0 Å². The molecule has 2 rings (SSSR count). The first-order chi connectivity index (χ1) is 10.1. The highest BCUT2D eigenvalue weighted by atomic mass is 32.2.